The lowest BCUT2D eigenvalue weighted by molar-refractivity contribution is 0.0929. The van der Waals surface area contributed by atoms with Crippen LogP contribution in [0.4, 0.5) is 0 Å². The molecule has 0 radical (unpaired) electrons. The van der Waals surface area contributed by atoms with Crippen LogP contribution in [0.3, 0.4) is 0 Å². The van der Waals surface area contributed by atoms with Crippen LogP contribution in [0.25, 0.3) is 0 Å². The van der Waals surface area contributed by atoms with E-state index in [-0.39, 0.29) is 18.6 Å². The molecular formula is C12H22N4O2. The number of aliphatic hydroxyl groups excluding tert-OH is 1. The van der Waals surface area contributed by atoms with E-state index in [0.29, 0.717) is 18.0 Å². The SMILES string of the molecule is CC(C)CCn1cc(C(=O)N[C@H](C)CCO)nn1. The number of rotatable bonds is 7. The number of hydrogen-bond acceptors (Lipinski definition) is 4. The Morgan fingerprint density at radius 2 is 2.17 bits per heavy atom. The van der Waals surface area contributed by atoms with Crippen molar-refractivity contribution in [3.8, 4) is 0 Å². The summed E-state index contributed by atoms with van der Waals surface area (Å²) < 4.78 is 1.69. The van der Waals surface area contributed by atoms with Gasteiger partial charge in [0.15, 0.2) is 5.69 Å². The van der Waals surface area contributed by atoms with Gasteiger partial charge in [-0.05, 0) is 25.7 Å². The summed E-state index contributed by atoms with van der Waals surface area (Å²) in [7, 11) is 0. The van der Waals surface area contributed by atoms with Crippen LogP contribution < -0.4 is 5.32 Å². The summed E-state index contributed by atoms with van der Waals surface area (Å²) in [4.78, 5) is 11.8. The van der Waals surface area contributed by atoms with Crippen LogP contribution in [-0.4, -0.2) is 38.7 Å². The molecule has 6 heteroatoms. The molecular weight excluding hydrogens is 232 g/mol. The lowest BCUT2D eigenvalue weighted by atomic mass is 10.1. The van der Waals surface area contributed by atoms with Gasteiger partial charge in [-0.1, -0.05) is 19.1 Å². The Kier molecular flexibility index (Phi) is 5.77. The van der Waals surface area contributed by atoms with Crippen molar-refractivity contribution in [2.24, 2.45) is 5.92 Å². The second kappa shape index (κ2) is 7.10. The predicted molar refractivity (Wildman–Crippen MR) is 68.1 cm³/mol. The molecule has 1 atom stereocenters. The minimum Gasteiger partial charge on any atom is -0.396 e. The highest BCUT2D eigenvalue weighted by Gasteiger charge is 2.13. The van der Waals surface area contributed by atoms with Gasteiger partial charge in [0.05, 0.1) is 6.20 Å². The maximum Gasteiger partial charge on any atom is 0.273 e. The van der Waals surface area contributed by atoms with E-state index in [0.717, 1.165) is 13.0 Å². The maximum absolute atomic E-state index is 11.8. The molecule has 18 heavy (non-hydrogen) atoms. The van der Waals surface area contributed by atoms with Crippen LogP contribution in [0.2, 0.25) is 0 Å². The molecule has 102 valence electrons. The molecule has 1 amide bonds. The van der Waals surface area contributed by atoms with Crippen molar-refractivity contribution in [1.29, 1.82) is 0 Å². The van der Waals surface area contributed by atoms with Crippen molar-refractivity contribution in [1.82, 2.24) is 20.3 Å². The van der Waals surface area contributed by atoms with E-state index >= 15 is 0 Å². The Labute approximate surface area is 107 Å². The number of nitrogens with one attached hydrogen (secondary N) is 1. The van der Waals surface area contributed by atoms with Gasteiger partial charge < -0.3 is 10.4 Å². The molecule has 0 unspecified atom stereocenters. The Balaban J connectivity index is 2.49. The summed E-state index contributed by atoms with van der Waals surface area (Å²) in [5.74, 6) is 0.350. The Morgan fingerprint density at radius 3 is 2.78 bits per heavy atom. The number of nitrogens with zero attached hydrogens (tertiary/aromatic N) is 3. The van der Waals surface area contributed by atoms with Gasteiger partial charge >= 0.3 is 0 Å². The fraction of sp³-hybridized carbons (Fsp3) is 0.750. The number of hydrogen-bond donors (Lipinski definition) is 2. The summed E-state index contributed by atoms with van der Waals surface area (Å²) in [5.41, 5.74) is 0.323. The predicted octanol–water partition coefficient (Wildman–Crippen LogP) is 0.825. The molecule has 1 aromatic heterocycles. The lowest BCUT2D eigenvalue weighted by Crippen LogP contribution is -2.33. The van der Waals surface area contributed by atoms with Crippen LogP contribution in [0.15, 0.2) is 6.20 Å². The molecule has 1 aromatic rings. The molecule has 0 aliphatic rings. The molecule has 0 aliphatic heterocycles. The molecule has 0 saturated carbocycles. The fourth-order valence-corrected chi connectivity index (χ4v) is 1.47. The van der Waals surface area contributed by atoms with Gasteiger partial charge in [0.1, 0.15) is 0 Å². The first-order valence-electron chi connectivity index (χ1n) is 6.34. The number of carbonyl (C=O) groups excluding carboxylic acids is 1. The summed E-state index contributed by atoms with van der Waals surface area (Å²) in [6, 6.07) is -0.0664. The third kappa shape index (κ3) is 4.83. The molecule has 6 nitrogen and oxygen atoms in total. The van der Waals surface area contributed by atoms with Gasteiger partial charge in [0.2, 0.25) is 0 Å². The number of carbonyl (C=O) groups is 1. The molecule has 0 bridgehead atoms. The van der Waals surface area contributed by atoms with Crippen LogP contribution in [0.5, 0.6) is 0 Å². The zero-order valence-electron chi connectivity index (χ0n) is 11.3. The van der Waals surface area contributed by atoms with Crippen molar-refractivity contribution in [3.05, 3.63) is 11.9 Å². The fourth-order valence-electron chi connectivity index (χ4n) is 1.47. The van der Waals surface area contributed by atoms with E-state index in [4.69, 9.17) is 5.11 Å². The summed E-state index contributed by atoms with van der Waals surface area (Å²) in [6.45, 7) is 6.95. The highest BCUT2D eigenvalue weighted by atomic mass is 16.3. The third-order valence-corrected chi connectivity index (χ3v) is 2.65. The monoisotopic (exact) mass is 254 g/mol. The first-order valence-corrected chi connectivity index (χ1v) is 6.34. The van der Waals surface area contributed by atoms with E-state index in [1.54, 1.807) is 10.9 Å². The molecule has 0 saturated heterocycles. The normalized spacial score (nSPS) is 12.7. The highest BCUT2D eigenvalue weighted by Crippen LogP contribution is 2.02. The minimum atomic E-state index is -0.244. The highest BCUT2D eigenvalue weighted by molar-refractivity contribution is 5.92. The molecule has 0 aromatic carbocycles. The van der Waals surface area contributed by atoms with Crippen LogP contribution in [-0.2, 0) is 6.54 Å². The lowest BCUT2D eigenvalue weighted by Gasteiger charge is -2.10. The smallest absolute Gasteiger partial charge is 0.273 e. The quantitative estimate of drug-likeness (QED) is 0.755. The topological polar surface area (TPSA) is 80.0 Å². The zero-order valence-corrected chi connectivity index (χ0v) is 11.3. The van der Waals surface area contributed by atoms with Crippen molar-refractivity contribution >= 4 is 5.91 Å². The van der Waals surface area contributed by atoms with Gasteiger partial charge in [-0.3, -0.25) is 9.48 Å². The third-order valence-electron chi connectivity index (χ3n) is 2.65. The van der Waals surface area contributed by atoms with Crippen molar-refractivity contribution in [2.75, 3.05) is 6.61 Å². The number of aromatic nitrogens is 3. The van der Waals surface area contributed by atoms with Crippen molar-refractivity contribution < 1.29 is 9.90 Å². The first-order chi connectivity index (χ1) is 8.52. The second-order valence-corrected chi connectivity index (χ2v) is 4.94. The zero-order chi connectivity index (χ0) is 13.5. The van der Waals surface area contributed by atoms with E-state index in [1.165, 1.54) is 0 Å². The molecule has 0 spiro atoms. The van der Waals surface area contributed by atoms with E-state index in [1.807, 2.05) is 6.92 Å². The van der Waals surface area contributed by atoms with Crippen LogP contribution >= 0.6 is 0 Å². The average Bonchev–Trinajstić information content (AvgIpc) is 2.75. The Bertz CT molecular complexity index is 376. The minimum absolute atomic E-state index is 0.0581. The average molecular weight is 254 g/mol. The standard InChI is InChI=1S/C12H22N4O2/c1-9(2)4-6-16-8-11(14-15-16)12(18)13-10(3)5-7-17/h8-10,17H,4-7H2,1-3H3,(H,13,18)/t10-/m1/s1. The number of aryl methyl sites for hydroxylation is 1. The van der Waals surface area contributed by atoms with Crippen LogP contribution in [0.1, 0.15) is 44.1 Å². The van der Waals surface area contributed by atoms with Crippen molar-refractivity contribution in [3.63, 3.8) is 0 Å². The molecule has 1 rings (SSSR count). The van der Waals surface area contributed by atoms with Gasteiger partial charge in [-0.25, -0.2) is 0 Å². The first kappa shape index (κ1) is 14.6. The molecule has 2 N–H and O–H groups in total. The molecule has 0 fully saturated rings. The number of amides is 1. The summed E-state index contributed by atoms with van der Waals surface area (Å²) in [6.07, 6.45) is 3.20. The maximum atomic E-state index is 11.8. The number of aliphatic hydroxyl groups is 1. The van der Waals surface area contributed by atoms with E-state index in [2.05, 4.69) is 29.5 Å². The van der Waals surface area contributed by atoms with Gasteiger partial charge in [-0.15, -0.1) is 5.10 Å². The van der Waals surface area contributed by atoms with E-state index < -0.39 is 0 Å². The van der Waals surface area contributed by atoms with Crippen LogP contribution in [0, 0.1) is 5.92 Å². The summed E-state index contributed by atoms with van der Waals surface area (Å²) >= 11 is 0. The second-order valence-electron chi connectivity index (χ2n) is 4.94. The largest absolute Gasteiger partial charge is 0.396 e. The Hall–Kier alpha value is -1.43. The molecule has 1 heterocycles. The summed E-state index contributed by atoms with van der Waals surface area (Å²) in [5, 5.41) is 19.3. The Morgan fingerprint density at radius 1 is 1.44 bits per heavy atom. The van der Waals surface area contributed by atoms with Gasteiger partial charge in [0.25, 0.3) is 5.91 Å². The van der Waals surface area contributed by atoms with Crippen molar-refractivity contribution in [2.45, 2.75) is 46.2 Å². The molecule has 0 aliphatic carbocycles. The van der Waals surface area contributed by atoms with Gasteiger partial charge in [0, 0.05) is 19.2 Å². The van der Waals surface area contributed by atoms with E-state index in [9.17, 15) is 4.79 Å². The van der Waals surface area contributed by atoms with Gasteiger partial charge in [-0.2, -0.15) is 0 Å².